The maximum Gasteiger partial charge on any atom is 0.407 e. The van der Waals surface area contributed by atoms with E-state index in [4.69, 9.17) is 9.47 Å². The van der Waals surface area contributed by atoms with E-state index in [1.807, 2.05) is 6.07 Å². The smallest absolute Gasteiger partial charge is 0.407 e. The molecule has 3 N–H and O–H groups in total. The fraction of sp³-hybridized carbons (Fsp3) is 0.600. The van der Waals surface area contributed by atoms with E-state index in [0.29, 0.717) is 11.8 Å². The van der Waals surface area contributed by atoms with Crippen LogP contribution in [-0.2, 0) is 25.5 Å². The summed E-state index contributed by atoms with van der Waals surface area (Å²) in [5.74, 6) is -1.45. The molecule has 5 amide bonds. The second-order valence-electron chi connectivity index (χ2n) is 9.75. The average molecular weight is 490 g/mol. The van der Waals surface area contributed by atoms with Gasteiger partial charge in [-0.25, -0.2) is 9.59 Å². The number of nitrogens with one attached hydrogen (secondary N) is 2. The summed E-state index contributed by atoms with van der Waals surface area (Å²) in [5.41, 5.74) is 0.584. The van der Waals surface area contributed by atoms with Gasteiger partial charge in [0.2, 0.25) is 11.8 Å². The zero-order chi connectivity index (χ0) is 25.6. The lowest BCUT2D eigenvalue weighted by Gasteiger charge is -2.30. The fourth-order valence-corrected chi connectivity index (χ4v) is 4.67. The Morgan fingerprint density at radius 3 is 2.54 bits per heavy atom. The molecular formula is C25H35N3O7. The highest BCUT2D eigenvalue weighted by Gasteiger charge is 2.56. The first-order valence-electron chi connectivity index (χ1n) is 12.0. The van der Waals surface area contributed by atoms with Crippen LogP contribution in [0.2, 0.25) is 0 Å². The Balaban J connectivity index is 1.37. The molecule has 0 bridgehead atoms. The standard InChI is InChI=1S/C25H35N3O7/c1-16(2)14-25(15-17(25)3)22(31)34-11-9-26-24(33)35-12-10-28-21(30)19(20(29)27-23(28)32)13-18-7-5-4-6-8-18/h4-8,16-17,19,22,31H,9-15H2,1-3H3,(H,26,33)(H,27,29,32). The number of carbonyl (C=O) groups is 4. The number of benzene rings is 1. The molecular weight excluding hydrogens is 454 g/mol. The second-order valence-corrected chi connectivity index (χ2v) is 9.75. The lowest BCUT2D eigenvalue weighted by molar-refractivity contribution is -0.150. The van der Waals surface area contributed by atoms with Crippen LogP contribution in [0.15, 0.2) is 30.3 Å². The zero-order valence-electron chi connectivity index (χ0n) is 20.5. The van der Waals surface area contributed by atoms with Crippen molar-refractivity contribution in [1.82, 2.24) is 15.5 Å². The van der Waals surface area contributed by atoms with Crippen LogP contribution >= 0.6 is 0 Å². The van der Waals surface area contributed by atoms with Crippen LogP contribution in [0.1, 0.15) is 39.2 Å². The van der Waals surface area contributed by atoms with E-state index in [0.717, 1.165) is 23.3 Å². The van der Waals surface area contributed by atoms with Crippen molar-refractivity contribution in [2.75, 3.05) is 26.3 Å². The number of urea groups is 1. The topological polar surface area (TPSA) is 134 Å². The Bertz CT molecular complexity index is 923. The van der Waals surface area contributed by atoms with Gasteiger partial charge >= 0.3 is 12.1 Å². The number of aliphatic hydroxyl groups is 1. The van der Waals surface area contributed by atoms with Gasteiger partial charge in [0.05, 0.1) is 13.2 Å². The maximum absolute atomic E-state index is 12.7. The Morgan fingerprint density at radius 1 is 1.23 bits per heavy atom. The minimum atomic E-state index is -1.03. The SMILES string of the molecule is CC(C)CC1(C(O)OCCNC(=O)OCCN2C(=O)NC(=O)C(Cc3ccccc3)C2=O)CC1C. The van der Waals surface area contributed by atoms with Crippen molar-refractivity contribution in [1.29, 1.82) is 0 Å². The van der Waals surface area contributed by atoms with Crippen molar-refractivity contribution in [3.63, 3.8) is 0 Å². The van der Waals surface area contributed by atoms with Crippen molar-refractivity contribution < 1.29 is 33.8 Å². The van der Waals surface area contributed by atoms with E-state index >= 15 is 0 Å². The van der Waals surface area contributed by atoms with E-state index in [1.165, 1.54) is 0 Å². The van der Waals surface area contributed by atoms with Gasteiger partial charge in [-0.3, -0.25) is 19.8 Å². The number of alkyl carbamates (subject to hydrolysis) is 1. The van der Waals surface area contributed by atoms with E-state index < -0.39 is 36.1 Å². The van der Waals surface area contributed by atoms with Gasteiger partial charge in [-0.15, -0.1) is 0 Å². The molecule has 1 aromatic rings. The maximum atomic E-state index is 12.7. The van der Waals surface area contributed by atoms with Crippen LogP contribution in [0.3, 0.4) is 0 Å². The number of rotatable bonds is 12. The third kappa shape index (κ3) is 6.79. The number of barbiturate groups is 1. The van der Waals surface area contributed by atoms with E-state index in [2.05, 4.69) is 31.4 Å². The van der Waals surface area contributed by atoms with Crippen molar-refractivity contribution in [3.8, 4) is 0 Å². The van der Waals surface area contributed by atoms with Gasteiger partial charge in [0.1, 0.15) is 12.5 Å². The number of carbonyl (C=O) groups excluding carboxylic acids is 4. The predicted octanol–water partition coefficient (Wildman–Crippen LogP) is 2.06. The number of imide groups is 2. The molecule has 4 atom stereocenters. The molecule has 2 aliphatic rings. The molecule has 1 saturated heterocycles. The Hall–Kier alpha value is -2.98. The molecule has 1 heterocycles. The summed E-state index contributed by atoms with van der Waals surface area (Å²) in [7, 11) is 0. The molecule has 10 nitrogen and oxygen atoms in total. The summed E-state index contributed by atoms with van der Waals surface area (Å²) in [5, 5.41) is 15.1. The molecule has 10 heteroatoms. The van der Waals surface area contributed by atoms with E-state index in [1.54, 1.807) is 24.3 Å². The molecule has 1 aliphatic heterocycles. The van der Waals surface area contributed by atoms with Gasteiger partial charge < -0.3 is 19.9 Å². The van der Waals surface area contributed by atoms with Crippen LogP contribution in [0.25, 0.3) is 0 Å². The minimum absolute atomic E-state index is 0.124. The third-order valence-electron chi connectivity index (χ3n) is 6.62. The van der Waals surface area contributed by atoms with Crippen LogP contribution < -0.4 is 10.6 Å². The molecule has 0 spiro atoms. The average Bonchev–Trinajstić information content (AvgIpc) is 3.46. The van der Waals surface area contributed by atoms with Gasteiger partial charge in [0.25, 0.3) is 0 Å². The lowest BCUT2D eigenvalue weighted by atomic mass is 9.91. The summed E-state index contributed by atoms with van der Waals surface area (Å²) in [6, 6.07) is 8.20. The highest BCUT2D eigenvalue weighted by Crippen LogP contribution is 2.59. The van der Waals surface area contributed by atoms with E-state index in [-0.39, 0.29) is 38.1 Å². The number of hydrogen-bond acceptors (Lipinski definition) is 7. The Kier molecular flexibility index (Phi) is 8.85. The molecule has 3 rings (SSSR count). The molecule has 1 saturated carbocycles. The molecule has 1 aliphatic carbocycles. The first-order chi connectivity index (χ1) is 16.6. The van der Waals surface area contributed by atoms with Gasteiger partial charge in [0, 0.05) is 12.0 Å². The first-order valence-corrected chi connectivity index (χ1v) is 12.0. The number of aliphatic hydroxyl groups excluding tert-OH is 1. The second kappa shape index (κ2) is 11.6. The molecule has 192 valence electrons. The van der Waals surface area contributed by atoms with Crippen molar-refractivity contribution >= 4 is 23.9 Å². The summed E-state index contributed by atoms with van der Waals surface area (Å²) >= 11 is 0. The number of nitrogens with zero attached hydrogens (tertiary/aromatic N) is 1. The van der Waals surface area contributed by atoms with Crippen LogP contribution in [0, 0.1) is 23.2 Å². The summed E-state index contributed by atoms with van der Waals surface area (Å²) in [6.45, 7) is 6.17. The Morgan fingerprint density at radius 2 is 1.91 bits per heavy atom. The van der Waals surface area contributed by atoms with Crippen molar-refractivity contribution in [2.24, 2.45) is 23.2 Å². The summed E-state index contributed by atoms with van der Waals surface area (Å²) in [6.07, 6.45) is 0.350. The van der Waals surface area contributed by atoms with Gasteiger partial charge in [-0.2, -0.15) is 0 Å². The molecule has 2 fully saturated rings. The van der Waals surface area contributed by atoms with Gasteiger partial charge in [0.15, 0.2) is 6.29 Å². The predicted molar refractivity (Wildman–Crippen MR) is 126 cm³/mol. The molecule has 0 aromatic heterocycles. The number of hydrogen-bond donors (Lipinski definition) is 3. The fourth-order valence-electron chi connectivity index (χ4n) is 4.67. The summed E-state index contributed by atoms with van der Waals surface area (Å²) in [4.78, 5) is 49.8. The van der Waals surface area contributed by atoms with E-state index in [9.17, 15) is 24.3 Å². The number of ether oxygens (including phenoxy) is 2. The highest BCUT2D eigenvalue weighted by atomic mass is 16.6. The Labute approximate surface area is 205 Å². The molecule has 1 aromatic carbocycles. The van der Waals surface area contributed by atoms with Crippen LogP contribution in [0.4, 0.5) is 9.59 Å². The molecule has 35 heavy (non-hydrogen) atoms. The van der Waals surface area contributed by atoms with Crippen LogP contribution in [-0.4, -0.2) is 66.5 Å². The molecule has 0 radical (unpaired) electrons. The quantitative estimate of drug-likeness (QED) is 0.232. The highest BCUT2D eigenvalue weighted by molar-refractivity contribution is 6.16. The normalized spacial score (nSPS) is 24.8. The number of amides is 5. The molecule has 4 unspecified atom stereocenters. The first kappa shape index (κ1) is 26.6. The monoisotopic (exact) mass is 489 g/mol. The largest absolute Gasteiger partial charge is 0.448 e. The van der Waals surface area contributed by atoms with Gasteiger partial charge in [-0.05, 0) is 36.7 Å². The zero-order valence-corrected chi connectivity index (χ0v) is 20.5. The van der Waals surface area contributed by atoms with Crippen molar-refractivity contribution in [3.05, 3.63) is 35.9 Å². The van der Waals surface area contributed by atoms with Crippen LogP contribution in [0.5, 0.6) is 0 Å². The van der Waals surface area contributed by atoms with Gasteiger partial charge in [-0.1, -0.05) is 51.1 Å². The lowest BCUT2D eigenvalue weighted by Crippen LogP contribution is -2.59. The van der Waals surface area contributed by atoms with Crippen molar-refractivity contribution in [2.45, 2.75) is 46.3 Å². The minimum Gasteiger partial charge on any atom is -0.448 e. The third-order valence-corrected chi connectivity index (χ3v) is 6.62. The summed E-state index contributed by atoms with van der Waals surface area (Å²) < 4.78 is 10.6.